The molecule has 0 atom stereocenters. The van der Waals surface area contributed by atoms with E-state index in [4.69, 9.17) is 32.4 Å². The van der Waals surface area contributed by atoms with Crippen molar-refractivity contribution in [1.29, 1.82) is 5.26 Å². The minimum absolute atomic E-state index is 0.0202. The van der Waals surface area contributed by atoms with Crippen LogP contribution in [-0.2, 0) is 6.61 Å². The predicted molar refractivity (Wildman–Crippen MR) is 115 cm³/mol. The van der Waals surface area contributed by atoms with Crippen molar-refractivity contribution in [3.05, 3.63) is 93.5 Å². The van der Waals surface area contributed by atoms with E-state index >= 15 is 0 Å². The van der Waals surface area contributed by atoms with Gasteiger partial charge in [0.15, 0.2) is 11.3 Å². The molecule has 3 aromatic carbocycles. The molecule has 0 saturated carbocycles. The maximum Gasteiger partial charge on any atom is 0.238 e. The van der Waals surface area contributed by atoms with Crippen LogP contribution in [0.2, 0.25) is 10.0 Å². The first kappa shape index (κ1) is 20.0. The molecule has 0 spiro atoms. The number of hydrogen-bond donors (Lipinski definition) is 0. The Labute approximate surface area is 181 Å². The van der Waals surface area contributed by atoms with E-state index in [2.05, 4.69) is 11.1 Å². The van der Waals surface area contributed by atoms with Crippen LogP contribution in [0.5, 0.6) is 5.75 Å². The average molecular weight is 439 g/mol. The molecule has 0 aliphatic rings. The number of ether oxygens (including phenoxy) is 1. The van der Waals surface area contributed by atoms with Gasteiger partial charge in [-0.05, 0) is 42.0 Å². The summed E-state index contributed by atoms with van der Waals surface area (Å²) >= 11 is 12.6. The molecule has 7 heteroatoms. The minimum Gasteiger partial charge on any atom is -0.486 e. The molecule has 0 N–H and O–H groups in total. The quantitative estimate of drug-likeness (QED) is 0.317. The highest BCUT2D eigenvalue weighted by Crippen LogP contribution is 2.36. The lowest BCUT2D eigenvalue weighted by atomic mass is 10.1. The number of halogens is 3. The van der Waals surface area contributed by atoms with Gasteiger partial charge in [-0.1, -0.05) is 53.5 Å². The second-order valence-corrected chi connectivity index (χ2v) is 7.16. The molecule has 0 bridgehead atoms. The zero-order valence-electron chi connectivity index (χ0n) is 15.4. The van der Waals surface area contributed by atoms with Crippen LogP contribution < -0.4 is 4.74 Å². The number of hydrogen-bond acceptors (Lipinski definition) is 4. The van der Waals surface area contributed by atoms with Gasteiger partial charge in [0.1, 0.15) is 29.6 Å². The molecule has 0 unspecified atom stereocenters. The molecule has 0 radical (unpaired) electrons. The van der Waals surface area contributed by atoms with Crippen LogP contribution in [0.15, 0.2) is 65.1 Å². The van der Waals surface area contributed by atoms with Crippen molar-refractivity contribution in [1.82, 2.24) is 4.98 Å². The van der Waals surface area contributed by atoms with Crippen molar-refractivity contribution in [2.24, 2.45) is 0 Å². The van der Waals surface area contributed by atoms with Gasteiger partial charge in [-0.25, -0.2) is 9.37 Å². The number of fused-ring (bicyclic) bond motifs is 1. The number of oxazole rings is 1. The smallest absolute Gasteiger partial charge is 0.238 e. The van der Waals surface area contributed by atoms with Gasteiger partial charge in [-0.15, -0.1) is 0 Å². The molecular formula is C23H13Cl2FN2O2. The van der Waals surface area contributed by atoms with Crippen LogP contribution >= 0.6 is 23.2 Å². The number of rotatable bonds is 5. The van der Waals surface area contributed by atoms with Crippen LogP contribution in [0.4, 0.5) is 4.39 Å². The van der Waals surface area contributed by atoms with E-state index in [0.717, 1.165) is 0 Å². The predicted octanol–water partition coefficient (Wildman–Crippen LogP) is 6.92. The first-order valence-corrected chi connectivity index (χ1v) is 9.64. The summed E-state index contributed by atoms with van der Waals surface area (Å²) in [4.78, 5) is 4.33. The van der Waals surface area contributed by atoms with Crippen molar-refractivity contribution in [2.45, 2.75) is 6.61 Å². The lowest BCUT2D eigenvalue weighted by Crippen LogP contribution is -1.99. The van der Waals surface area contributed by atoms with Gasteiger partial charge in [0.25, 0.3) is 0 Å². The maximum atomic E-state index is 13.8. The number of aromatic nitrogens is 1. The lowest BCUT2D eigenvalue weighted by molar-refractivity contribution is 0.300. The van der Waals surface area contributed by atoms with Crippen LogP contribution in [0, 0.1) is 17.1 Å². The second kappa shape index (κ2) is 8.58. The van der Waals surface area contributed by atoms with E-state index in [9.17, 15) is 9.65 Å². The van der Waals surface area contributed by atoms with Crippen molar-refractivity contribution >= 4 is 46.0 Å². The number of allylic oxidation sites excluding steroid dienone is 1. The Hall–Kier alpha value is -3.33. The first-order valence-electron chi connectivity index (χ1n) is 8.88. The van der Waals surface area contributed by atoms with Gasteiger partial charge >= 0.3 is 0 Å². The van der Waals surface area contributed by atoms with Gasteiger partial charge in [-0.2, -0.15) is 5.26 Å². The zero-order chi connectivity index (χ0) is 21.1. The fourth-order valence-electron chi connectivity index (χ4n) is 2.86. The fraction of sp³-hybridized carbons (Fsp3) is 0.0435. The molecule has 0 aliphatic heterocycles. The first-order chi connectivity index (χ1) is 14.5. The molecule has 4 aromatic rings. The summed E-state index contributed by atoms with van der Waals surface area (Å²) in [6, 6.07) is 18.8. The molecule has 148 valence electrons. The Bertz CT molecular complexity index is 1250. The third-order valence-corrected chi connectivity index (χ3v) is 4.87. The molecule has 4 rings (SSSR count). The minimum atomic E-state index is -0.374. The van der Waals surface area contributed by atoms with Crippen LogP contribution in [0.1, 0.15) is 17.0 Å². The third-order valence-electron chi connectivity index (χ3n) is 4.31. The van der Waals surface area contributed by atoms with E-state index in [0.29, 0.717) is 22.2 Å². The van der Waals surface area contributed by atoms with Gasteiger partial charge in [0.05, 0.1) is 10.0 Å². The van der Waals surface area contributed by atoms with Crippen molar-refractivity contribution in [2.75, 3.05) is 0 Å². The number of nitriles is 1. The summed E-state index contributed by atoms with van der Waals surface area (Å²) in [5, 5.41) is 10.0. The highest BCUT2D eigenvalue weighted by Gasteiger charge is 2.14. The standard InChI is InChI=1S/C23H13Cl2FN2O2/c24-17-10-14(9-16(12-27)23-28-20-7-3-4-8-21(20)30-23)11-18(25)22(17)29-13-15-5-1-2-6-19(15)26/h1-11H,13H2/b16-9+. The SMILES string of the molecule is N#C/C(=C\c1cc(Cl)c(OCc2ccccc2F)c(Cl)c1)c1nc2ccccc2o1. The highest BCUT2D eigenvalue weighted by atomic mass is 35.5. The summed E-state index contributed by atoms with van der Waals surface area (Å²) in [6.45, 7) is -0.0202. The van der Waals surface area contributed by atoms with Gasteiger partial charge in [0.2, 0.25) is 5.89 Å². The van der Waals surface area contributed by atoms with Gasteiger partial charge in [-0.3, -0.25) is 0 Å². The molecule has 0 saturated heterocycles. The molecule has 0 amide bonds. The Morgan fingerprint density at radius 2 is 1.80 bits per heavy atom. The Morgan fingerprint density at radius 1 is 1.10 bits per heavy atom. The van der Waals surface area contributed by atoms with Crippen molar-refractivity contribution < 1.29 is 13.5 Å². The highest BCUT2D eigenvalue weighted by molar-refractivity contribution is 6.37. The second-order valence-electron chi connectivity index (χ2n) is 6.35. The van der Waals surface area contributed by atoms with Crippen LogP contribution in [-0.4, -0.2) is 4.98 Å². The summed E-state index contributed by atoms with van der Waals surface area (Å²) in [6.07, 6.45) is 1.57. The Balaban J connectivity index is 1.61. The van der Waals surface area contributed by atoms with Crippen LogP contribution in [0.25, 0.3) is 22.7 Å². The van der Waals surface area contributed by atoms with E-state index in [-0.39, 0.29) is 39.7 Å². The maximum absolute atomic E-state index is 13.8. The molecule has 4 nitrogen and oxygen atoms in total. The summed E-state index contributed by atoms with van der Waals surface area (Å²) < 4.78 is 25.1. The topological polar surface area (TPSA) is 59.0 Å². The normalized spacial score (nSPS) is 11.5. The Morgan fingerprint density at radius 3 is 2.50 bits per heavy atom. The average Bonchev–Trinajstić information content (AvgIpc) is 3.16. The van der Waals surface area contributed by atoms with Crippen molar-refractivity contribution in [3.8, 4) is 11.8 Å². The van der Waals surface area contributed by atoms with E-state index in [1.807, 2.05) is 12.1 Å². The molecule has 0 aliphatic carbocycles. The largest absolute Gasteiger partial charge is 0.486 e. The van der Waals surface area contributed by atoms with E-state index < -0.39 is 0 Å². The fourth-order valence-corrected chi connectivity index (χ4v) is 3.48. The molecule has 1 heterocycles. The van der Waals surface area contributed by atoms with Crippen molar-refractivity contribution in [3.63, 3.8) is 0 Å². The van der Waals surface area contributed by atoms with Crippen LogP contribution in [0.3, 0.4) is 0 Å². The molecule has 1 aromatic heterocycles. The molecule has 0 fully saturated rings. The van der Waals surface area contributed by atoms with E-state index in [1.54, 1.807) is 48.5 Å². The molecular weight excluding hydrogens is 426 g/mol. The zero-order valence-corrected chi connectivity index (χ0v) is 16.9. The number of benzene rings is 3. The summed E-state index contributed by atoms with van der Waals surface area (Å²) in [5.74, 6) is 0.0613. The monoisotopic (exact) mass is 438 g/mol. The number of nitrogens with zero attached hydrogens (tertiary/aromatic N) is 2. The van der Waals surface area contributed by atoms with Gasteiger partial charge in [0, 0.05) is 5.56 Å². The summed E-state index contributed by atoms with van der Waals surface area (Å²) in [5.41, 5.74) is 2.42. The van der Waals surface area contributed by atoms with Gasteiger partial charge < -0.3 is 9.15 Å². The Kier molecular flexibility index (Phi) is 5.71. The molecule has 30 heavy (non-hydrogen) atoms. The third kappa shape index (κ3) is 4.16. The lowest BCUT2D eigenvalue weighted by Gasteiger charge is -2.11. The number of para-hydroxylation sites is 2. The summed E-state index contributed by atoms with van der Waals surface area (Å²) in [7, 11) is 0. The van der Waals surface area contributed by atoms with E-state index in [1.165, 1.54) is 6.07 Å².